The first kappa shape index (κ1) is 32.1. The molecule has 0 saturated carbocycles. The number of thiophene rings is 1. The highest BCUT2D eigenvalue weighted by molar-refractivity contribution is 7.21. The third-order valence-electron chi connectivity index (χ3n) is 3.72. The van der Waals surface area contributed by atoms with Crippen LogP contribution < -0.4 is 11.1 Å². The number of carbonyl (C=O) groups excluding carboxylic acids is 1. The Hall–Kier alpha value is -2.85. The van der Waals surface area contributed by atoms with Gasteiger partial charge in [0.1, 0.15) is 9.71 Å². The molecule has 2 heterocycles. The van der Waals surface area contributed by atoms with Gasteiger partial charge in [0.05, 0.1) is 16.4 Å². The number of nitrogens with one attached hydrogen (secondary N) is 1. The molecule has 0 atom stereocenters. The van der Waals surface area contributed by atoms with Crippen LogP contribution in [-0.2, 0) is 14.3 Å². The molecule has 0 aliphatic carbocycles. The van der Waals surface area contributed by atoms with E-state index in [0.29, 0.717) is 28.7 Å². The van der Waals surface area contributed by atoms with E-state index in [0.717, 1.165) is 27.9 Å². The Morgan fingerprint density at radius 3 is 1.94 bits per heavy atom. The van der Waals surface area contributed by atoms with Crippen molar-refractivity contribution in [2.45, 2.75) is 32.6 Å². The maximum absolute atomic E-state index is 12.2. The lowest BCUT2D eigenvalue weighted by Crippen LogP contribution is -2.25. The standard InChI is InChI=1S/C14H18ClN3O2S.2C2HF3O2/c1-7-9-11(16)12(13(19)17-5-4-6-20-3)21-14(9)18-8(2)10(7)15;2*3-2(4,5)1(6)7/h4-6,16H2,1-3H3,(H,17,19);2*(H,6,7). The maximum Gasteiger partial charge on any atom is 0.490 e. The molecule has 35 heavy (non-hydrogen) atoms. The fourth-order valence-corrected chi connectivity index (χ4v) is 3.38. The molecule has 17 heteroatoms. The number of aryl methyl sites for hydroxylation is 2. The molecule has 0 unspecified atom stereocenters. The number of pyridine rings is 1. The molecule has 2 rings (SSSR count). The van der Waals surface area contributed by atoms with Crippen molar-refractivity contribution >= 4 is 56.7 Å². The number of carboxylic acids is 2. The molecule has 2 aromatic rings. The zero-order valence-electron chi connectivity index (χ0n) is 18.2. The van der Waals surface area contributed by atoms with Gasteiger partial charge in [0.2, 0.25) is 0 Å². The molecular weight excluding hydrogens is 536 g/mol. The predicted molar refractivity (Wildman–Crippen MR) is 115 cm³/mol. The Kier molecular flexibility index (Phi) is 12.2. The zero-order valence-corrected chi connectivity index (χ0v) is 19.8. The summed E-state index contributed by atoms with van der Waals surface area (Å²) in [6.07, 6.45) is -9.41. The Balaban J connectivity index is 0.000000680. The summed E-state index contributed by atoms with van der Waals surface area (Å²) < 4.78 is 68.4. The molecule has 9 nitrogen and oxygen atoms in total. The smallest absolute Gasteiger partial charge is 0.475 e. The molecule has 0 bridgehead atoms. The number of hydrogen-bond donors (Lipinski definition) is 4. The second-order valence-corrected chi connectivity index (χ2v) is 7.75. The van der Waals surface area contributed by atoms with E-state index in [1.807, 2.05) is 13.8 Å². The van der Waals surface area contributed by atoms with Crippen LogP contribution in [0.2, 0.25) is 5.02 Å². The molecular formula is C18H20ClF6N3O6S. The van der Waals surface area contributed by atoms with Crippen molar-refractivity contribution in [1.82, 2.24) is 10.3 Å². The van der Waals surface area contributed by atoms with Gasteiger partial charge < -0.3 is 26.0 Å². The van der Waals surface area contributed by atoms with E-state index < -0.39 is 24.3 Å². The lowest BCUT2D eigenvalue weighted by molar-refractivity contribution is -0.193. The Labute approximate surface area is 202 Å². The highest BCUT2D eigenvalue weighted by Crippen LogP contribution is 2.38. The summed E-state index contributed by atoms with van der Waals surface area (Å²) in [6.45, 7) is 4.89. The highest BCUT2D eigenvalue weighted by atomic mass is 35.5. The third kappa shape index (κ3) is 10.1. The summed E-state index contributed by atoms with van der Waals surface area (Å²) in [5, 5.41) is 18.5. The van der Waals surface area contributed by atoms with Gasteiger partial charge in [-0.15, -0.1) is 11.3 Å². The number of nitrogen functional groups attached to an aromatic ring is 1. The number of amides is 1. The first-order chi connectivity index (χ1) is 15.9. The minimum atomic E-state index is -5.08. The fraction of sp³-hybridized carbons (Fsp3) is 0.444. The second-order valence-electron chi connectivity index (χ2n) is 6.37. The molecule has 0 aliphatic heterocycles. The first-order valence-corrected chi connectivity index (χ1v) is 10.3. The molecule has 5 N–H and O–H groups in total. The Bertz CT molecular complexity index is 1030. The van der Waals surface area contributed by atoms with Crippen molar-refractivity contribution < 1.29 is 55.7 Å². The van der Waals surface area contributed by atoms with Gasteiger partial charge in [-0.2, -0.15) is 26.3 Å². The number of hydrogen-bond acceptors (Lipinski definition) is 7. The minimum absolute atomic E-state index is 0.181. The van der Waals surface area contributed by atoms with Gasteiger partial charge in [-0.25, -0.2) is 14.6 Å². The summed E-state index contributed by atoms with van der Waals surface area (Å²) in [5.41, 5.74) is 8.18. The van der Waals surface area contributed by atoms with Crippen LogP contribution in [0.5, 0.6) is 0 Å². The van der Waals surface area contributed by atoms with Crippen LogP contribution in [0.4, 0.5) is 32.0 Å². The minimum Gasteiger partial charge on any atom is -0.475 e. The summed E-state index contributed by atoms with van der Waals surface area (Å²) in [4.78, 5) is 35.6. The number of nitrogens with two attached hydrogens (primary N) is 1. The van der Waals surface area contributed by atoms with Crippen LogP contribution in [0.1, 0.15) is 27.3 Å². The predicted octanol–water partition coefficient (Wildman–Crippen LogP) is 4.18. The van der Waals surface area contributed by atoms with E-state index in [4.69, 9.17) is 41.9 Å². The molecule has 0 spiro atoms. The number of alkyl halides is 6. The van der Waals surface area contributed by atoms with Gasteiger partial charge in [0.25, 0.3) is 5.91 Å². The molecule has 0 saturated heterocycles. The summed E-state index contributed by atoms with van der Waals surface area (Å²) in [7, 11) is 1.63. The van der Waals surface area contributed by atoms with Crippen molar-refractivity contribution in [2.24, 2.45) is 0 Å². The monoisotopic (exact) mass is 555 g/mol. The first-order valence-electron chi connectivity index (χ1n) is 9.08. The molecule has 198 valence electrons. The van der Waals surface area contributed by atoms with Crippen LogP contribution in [0.15, 0.2) is 0 Å². The van der Waals surface area contributed by atoms with Crippen molar-refractivity contribution in [3.63, 3.8) is 0 Å². The number of nitrogens with zero attached hydrogens (tertiary/aromatic N) is 1. The van der Waals surface area contributed by atoms with E-state index in [2.05, 4.69) is 10.3 Å². The number of methoxy groups -OCH3 is 1. The fourth-order valence-electron chi connectivity index (χ4n) is 2.12. The van der Waals surface area contributed by atoms with E-state index in [1.54, 1.807) is 7.11 Å². The van der Waals surface area contributed by atoms with Crippen LogP contribution in [-0.4, -0.2) is 65.7 Å². The second kappa shape index (κ2) is 13.3. The largest absolute Gasteiger partial charge is 0.490 e. The van der Waals surface area contributed by atoms with E-state index >= 15 is 0 Å². The number of carbonyl (C=O) groups is 3. The Morgan fingerprint density at radius 1 is 1.09 bits per heavy atom. The highest BCUT2D eigenvalue weighted by Gasteiger charge is 2.38. The lowest BCUT2D eigenvalue weighted by atomic mass is 10.1. The lowest BCUT2D eigenvalue weighted by Gasteiger charge is -2.05. The topological polar surface area (TPSA) is 152 Å². The normalized spacial score (nSPS) is 11.1. The number of aromatic nitrogens is 1. The number of anilines is 1. The summed E-state index contributed by atoms with van der Waals surface area (Å²) >= 11 is 7.50. The van der Waals surface area contributed by atoms with Gasteiger partial charge in [0, 0.05) is 25.6 Å². The molecule has 0 radical (unpaired) electrons. The number of ether oxygens (including phenoxy) is 1. The molecule has 0 fully saturated rings. The maximum atomic E-state index is 12.2. The van der Waals surface area contributed by atoms with Crippen molar-refractivity contribution in [3.05, 3.63) is 21.2 Å². The number of rotatable bonds is 5. The van der Waals surface area contributed by atoms with E-state index in [1.165, 1.54) is 11.3 Å². The molecule has 1 amide bonds. The van der Waals surface area contributed by atoms with Crippen LogP contribution in [0.25, 0.3) is 10.2 Å². The Morgan fingerprint density at radius 2 is 1.54 bits per heavy atom. The van der Waals surface area contributed by atoms with Gasteiger partial charge in [-0.3, -0.25) is 4.79 Å². The summed E-state index contributed by atoms with van der Waals surface area (Å²) in [5.74, 6) is -5.69. The summed E-state index contributed by atoms with van der Waals surface area (Å²) in [6, 6.07) is 0. The van der Waals surface area contributed by atoms with Crippen molar-refractivity contribution in [2.75, 3.05) is 26.0 Å². The van der Waals surface area contributed by atoms with Crippen molar-refractivity contribution in [1.29, 1.82) is 0 Å². The zero-order chi connectivity index (χ0) is 27.7. The third-order valence-corrected chi connectivity index (χ3v) is 5.37. The van der Waals surface area contributed by atoms with Crippen molar-refractivity contribution in [3.8, 4) is 0 Å². The van der Waals surface area contributed by atoms with E-state index in [9.17, 15) is 31.1 Å². The number of carboxylic acid groups (broad SMARTS) is 2. The van der Waals surface area contributed by atoms with Gasteiger partial charge >= 0.3 is 24.3 Å². The quantitative estimate of drug-likeness (QED) is 0.317. The van der Waals surface area contributed by atoms with Crippen LogP contribution >= 0.6 is 22.9 Å². The van der Waals surface area contributed by atoms with Gasteiger partial charge in [0.15, 0.2) is 0 Å². The molecule has 2 aromatic heterocycles. The SMILES string of the molecule is COCCCNC(=O)c1sc2nc(C)c(Cl)c(C)c2c1N.O=C(O)C(F)(F)F.O=C(O)C(F)(F)F. The number of aliphatic carboxylic acids is 2. The average molecular weight is 556 g/mol. The number of halogens is 7. The number of fused-ring (bicyclic) bond motifs is 1. The molecule has 0 aromatic carbocycles. The van der Waals surface area contributed by atoms with E-state index in [-0.39, 0.29) is 5.91 Å². The van der Waals surface area contributed by atoms with Gasteiger partial charge in [-0.05, 0) is 25.8 Å². The van der Waals surface area contributed by atoms with Crippen LogP contribution in [0, 0.1) is 13.8 Å². The van der Waals surface area contributed by atoms with Crippen LogP contribution in [0.3, 0.4) is 0 Å². The average Bonchev–Trinajstić information content (AvgIpc) is 3.05. The van der Waals surface area contributed by atoms with Gasteiger partial charge in [-0.1, -0.05) is 11.6 Å². The molecule has 0 aliphatic rings.